The Bertz CT molecular complexity index is 1560. The lowest BCUT2D eigenvalue weighted by atomic mass is 9.86. The molecule has 5 heterocycles. The van der Waals surface area contributed by atoms with Crippen LogP contribution in [0, 0.1) is 5.41 Å². The second kappa shape index (κ2) is 11.6. The van der Waals surface area contributed by atoms with Gasteiger partial charge in [0.05, 0.1) is 30.5 Å². The van der Waals surface area contributed by atoms with Crippen molar-refractivity contribution in [2.45, 2.75) is 13.0 Å². The lowest BCUT2D eigenvalue weighted by molar-refractivity contribution is -0.0441. The Hall–Kier alpha value is -5.60. The third-order valence-corrected chi connectivity index (χ3v) is 6.07. The molecule has 0 aliphatic carbocycles. The van der Waals surface area contributed by atoms with E-state index in [1.165, 1.54) is 61.5 Å². The number of anilines is 1. The summed E-state index contributed by atoms with van der Waals surface area (Å²) >= 11 is 0. The van der Waals surface area contributed by atoms with Crippen molar-refractivity contribution >= 4 is 35.0 Å². The van der Waals surface area contributed by atoms with Gasteiger partial charge in [0.15, 0.2) is 11.2 Å². The summed E-state index contributed by atoms with van der Waals surface area (Å²) in [6.45, 7) is -0.994. The number of aromatic amines is 1. The summed E-state index contributed by atoms with van der Waals surface area (Å²) in [4.78, 5) is 60.8. The van der Waals surface area contributed by atoms with Crippen LogP contribution in [0.3, 0.4) is 0 Å². The normalized spacial score (nSPS) is 11.4. The lowest BCUT2D eigenvalue weighted by Crippen LogP contribution is -2.40. The van der Waals surface area contributed by atoms with E-state index in [4.69, 9.17) is 33.2 Å². The number of rotatable bonds is 12. The molecule has 0 amide bonds. The lowest BCUT2D eigenvalue weighted by Gasteiger charge is -2.32. The molecular weight excluding hydrogens is 542 g/mol. The second-order valence-corrected chi connectivity index (χ2v) is 8.97. The maximum Gasteiger partial charge on any atom is 0.374 e. The van der Waals surface area contributed by atoms with E-state index < -0.39 is 28.9 Å². The van der Waals surface area contributed by atoms with Crippen molar-refractivity contribution in [3.63, 3.8) is 0 Å². The third kappa shape index (κ3) is 6.19. The van der Waals surface area contributed by atoms with Gasteiger partial charge in [-0.05, 0) is 42.8 Å². The van der Waals surface area contributed by atoms with Gasteiger partial charge in [-0.15, -0.1) is 0 Å². The van der Waals surface area contributed by atoms with Gasteiger partial charge in [-0.2, -0.15) is 4.98 Å². The summed E-state index contributed by atoms with van der Waals surface area (Å²) in [6.07, 6.45) is 5.39. The summed E-state index contributed by atoms with van der Waals surface area (Å²) in [7, 11) is 0. The van der Waals surface area contributed by atoms with Crippen LogP contribution in [-0.4, -0.2) is 57.2 Å². The first-order chi connectivity index (χ1) is 19.8. The number of carbonyl (C=O) groups excluding carboxylic acids is 3. The Balaban J connectivity index is 1.43. The Morgan fingerprint density at radius 2 is 1.34 bits per heavy atom. The van der Waals surface area contributed by atoms with Crippen molar-refractivity contribution in [3.8, 4) is 0 Å². The Morgan fingerprint density at radius 1 is 0.854 bits per heavy atom. The van der Waals surface area contributed by atoms with E-state index in [1.807, 2.05) is 0 Å². The van der Waals surface area contributed by atoms with E-state index in [2.05, 4.69) is 15.0 Å². The van der Waals surface area contributed by atoms with Crippen LogP contribution in [0.2, 0.25) is 0 Å². The number of carbonyl (C=O) groups is 3. The third-order valence-electron chi connectivity index (χ3n) is 6.07. The molecule has 15 nitrogen and oxygen atoms in total. The molecule has 0 radical (unpaired) electrons. The van der Waals surface area contributed by atoms with Crippen LogP contribution < -0.4 is 11.3 Å². The van der Waals surface area contributed by atoms with Crippen molar-refractivity contribution in [1.29, 1.82) is 0 Å². The number of hydrogen-bond acceptors (Lipinski definition) is 13. The van der Waals surface area contributed by atoms with E-state index in [1.54, 1.807) is 4.57 Å². The number of nitrogens with zero attached hydrogens (tertiary/aromatic N) is 3. The van der Waals surface area contributed by atoms with Crippen molar-refractivity contribution < 1.29 is 41.8 Å². The standard InChI is InChI=1S/C26H23N5O10/c27-25-29-20-19(21(32)30-25)28-15-31(20)8-7-26(12-39-22(33)16-4-1-9-36-16,13-40-23(34)17-5-2-10-37-17)14-41-24(35)18-6-3-11-38-18/h1-6,9-11,15H,7-8,12-14H2,(H3,27,29,30,32). The predicted molar refractivity (Wildman–Crippen MR) is 137 cm³/mol. The zero-order valence-corrected chi connectivity index (χ0v) is 21.3. The van der Waals surface area contributed by atoms with Crippen LogP contribution in [0.4, 0.5) is 5.95 Å². The van der Waals surface area contributed by atoms with Crippen molar-refractivity contribution in [3.05, 3.63) is 89.1 Å². The summed E-state index contributed by atoms with van der Waals surface area (Å²) in [5, 5.41) is 0. The molecule has 0 saturated heterocycles. The summed E-state index contributed by atoms with van der Waals surface area (Å²) in [5.74, 6) is -2.65. The fourth-order valence-corrected chi connectivity index (χ4v) is 3.89. The molecule has 0 unspecified atom stereocenters. The highest BCUT2D eigenvalue weighted by Crippen LogP contribution is 2.28. The number of aromatic nitrogens is 4. The minimum atomic E-state index is -1.31. The molecule has 15 heteroatoms. The predicted octanol–water partition coefficient (Wildman–Crippen LogP) is 2.43. The first-order valence-corrected chi connectivity index (χ1v) is 12.2. The molecule has 3 N–H and O–H groups in total. The average Bonchev–Trinajstić information content (AvgIpc) is 3.79. The van der Waals surface area contributed by atoms with Gasteiger partial charge in [0.2, 0.25) is 23.2 Å². The highest BCUT2D eigenvalue weighted by molar-refractivity contribution is 5.87. The Labute approximate surface area is 229 Å². The van der Waals surface area contributed by atoms with Crippen LogP contribution in [0.5, 0.6) is 0 Å². The van der Waals surface area contributed by atoms with Gasteiger partial charge in [-0.3, -0.25) is 9.78 Å². The molecule has 212 valence electrons. The number of nitrogens with one attached hydrogen (secondary N) is 1. The van der Waals surface area contributed by atoms with Gasteiger partial charge in [-0.25, -0.2) is 19.4 Å². The fraction of sp³-hybridized carbons (Fsp3) is 0.231. The highest BCUT2D eigenvalue weighted by atomic mass is 16.6. The number of nitrogen functional groups attached to an aromatic ring is 1. The molecular formula is C26H23N5O10. The monoisotopic (exact) mass is 565 g/mol. The zero-order valence-electron chi connectivity index (χ0n) is 21.3. The van der Waals surface area contributed by atoms with Gasteiger partial charge >= 0.3 is 17.9 Å². The molecule has 0 aliphatic heterocycles. The van der Waals surface area contributed by atoms with Crippen LogP contribution in [0.15, 0.2) is 79.6 Å². The van der Waals surface area contributed by atoms with E-state index in [0.717, 1.165) is 0 Å². The summed E-state index contributed by atoms with van der Waals surface area (Å²) in [6, 6.07) is 8.81. The van der Waals surface area contributed by atoms with E-state index in [0.29, 0.717) is 0 Å². The minimum Gasteiger partial charge on any atom is -0.459 e. The molecule has 0 saturated carbocycles. The Morgan fingerprint density at radius 3 is 1.78 bits per heavy atom. The minimum absolute atomic E-state index is 0.0569. The molecule has 5 aromatic heterocycles. The number of hydrogen-bond donors (Lipinski definition) is 2. The number of furan rings is 3. The molecule has 0 spiro atoms. The summed E-state index contributed by atoms with van der Waals surface area (Å²) in [5.41, 5.74) is 4.14. The van der Waals surface area contributed by atoms with Crippen LogP contribution in [-0.2, 0) is 20.8 Å². The Kier molecular flexibility index (Phi) is 7.67. The number of imidazole rings is 1. The molecule has 0 atom stereocenters. The smallest absolute Gasteiger partial charge is 0.374 e. The molecule has 0 bridgehead atoms. The SMILES string of the molecule is Nc1nc2c(ncn2CCC(COC(=O)c2ccco2)(COC(=O)c2ccco2)COC(=O)c2ccco2)c(=O)[nH]1. The van der Waals surface area contributed by atoms with Crippen LogP contribution in [0.1, 0.15) is 38.1 Å². The number of aryl methyl sites for hydroxylation is 1. The first kappa shape index (κ1) is 27.0. The number of fused-ring (bicyclic) bond motifs is 1. The number of ether oxygens (including phenoxy) is 3. The van der Waals surface area contributed by atoms with Crippen LogP contribution >= 0.6 is 0 Å². The average molecular weight is 565 g/mol. The van der Waals surface area contributed by atoms with E-state index in [-0.39, 0.29) is 67.2 Å². The maximum absolute atomic E-state index is 12.6. The summed E-state index contributed by atoms with van der Waals surface area (Å²) < 4.78 is 33.4. The highest BCUT2D eigenvalue weighted by Gasteiger charge is 2.37. The maximum atomic E-state index is 12.6. The first-order valence-electron chi connectivity index (χ1n) is 12.2. The molecule has 0 aliphatic rings. The topological polar surface area (TPSA) is 208 Å². The van der Waals surface area contributed by atoms with Gasteiger partial charge in [0.25, 0.3) is 5.56 Å². The van der Waals surface area contributed by atoms with Crippen LogP contribution in [0.25, 0.3) is 11.2 Å². The van der Waals surface area contributed by atoms with Gasteiger partial charge in [-0.1, -0.05) is 0 Å². The number of nitrogens with two attached hydrogens (primary N) is 1. The van der Waals surface area contributed by atoms with Crippen molar-refractivity contribution in [2.24, 2.45) is 5.41 Å². The van der Waals surface area contributed by atoms with E-state index >= 15 is 0 Å². The molecule has 0 aromatic carbocycles. The second-order valence-electron chi connectivity index (χ2n) is 8.97. The van der Waals surface area contributed by atoms with E-state index in [9.17, 15) is 19.2 Å². The molecule has 5 rings (SSSR count). The van der Waals surface area contributed by atoms with Gasteiger partial charge in [0, 0.05) is 6.54 Å². The fourth-order valence-electron chi connectivity index (χ4n) is 3.89. The zero-order chi connectivity index (χ0) is 28.8. The largest absolute Gasteiger partial charge is 0.459 e. The van der Waals surface area contributed by atoms with Crippen molar-refractivity contribution in [2.75, 3.05) is 25.6 Å². The molecule has 0 fully saturated rings. The number of esters is 3. The molecule has 5 aromatic rings. The molecule has 41 heavy (non-hydrogen) atoms. The quantitative estimate of drug-likeness (QED) is 0.165. The van der Waals surface area contributed by atoms with Crippen molar-refractivity contribution in [1.82, 2.24) is 19.5 Å². The van der Waals surface area contributed by atoms with Gasteiger partial charge < -0.3 is 37.8 Å². The van der Waals surface area contributed by atoms with Gasteiger partial charge in [0.1, 0.15) is 19.8 Å². The number of H-pyrrole nitrogens is 1.